The van der Waals surface area contributed by atoms with Crippen LogP contribution < -0.4 is 5.32 Å². The topological polar surface area (TPSA) is 12.0 Å². The van der Waals surface area contributed by atoms with Crippen molar-refractivity contribution in [3.05, 3.63) is 33.8 Å². The average Bonchev–Trinajstić information content (AvgIpc) is 2.18. The van der Waals surface area contributed by atoms with E-state index in [0.29, 0.717) is 6.04 Å². The highest BCUT2D eigenvalue weighted by molar-refractivity contribution is 9.10. The first-order valence-electron chi connectivity index (χ1n) is 5.17. The molecule has 76 valence electrons. The predicted octanol–water partition coefficient (Wildman–Crippen LogP) is 3.29. The zero-order chi connectivity index (χ0) is 10.1. The van der Waals surface area contributed by atoms with E-state index in [1.165, 1.54) is 28.4 Å². The Morgan fingerprint density at radius 1 is 1.43 bits per heavy atom. The quantitative estimate of drug-likeness (QED) is 0.810. The second kappa shape index (κ2) is 4.03. The van der Waals surface area contributed by atoms with Crippen molar-refractivity contribution in [1.82, 2.24) is 5.32 Å². The minimum absolute atomic E-state index is 0.534. The summed E-state index contributed by atoms with van der Waals surface area (Å²) in [5.74, 6) is 0.777. The molecule has 0 radical (unpaired) electrons. The van der Waals surface area contributed by atoms with Crippen LogP contribution in [0.5, 0.6) is 0 Å². The zero-order valence-corrected chi connectivity index (χ0v) is 10.3. The smallest absolute Gasteiger partial charge is 0.0323 e. The van der Waals surface area contributed by atoms with E-state index in [4.69, 9.17) is 0 Å². The molecule has 2 heteroatoms. The standard InChI is InChI=1S/C12H16BrN/c1-8-6-10-9(12(7-8)14-2)4-3-5-11(10)13/h3-5,8,12,14H,6-7H2,1-2H3. The lowest BCUT2D eigenvalue weighted by Gasteiger charge is -2.30. The van der Waals surface area contributed by atoms with Crippen molar-refractivity contribution >= 4 is 15.9 Å². The molecule has 0 spiro atoms. The van der Waals surface area contributed by atoms with Gasteiger partial charge in [0, 0.05) is 10.5 Å². The summed E-state index contributed by atoms with van der Waals surface area (Å²) in [5, 5.41) is 3.40. The third-order valence-corrected chi connectivity index (χ3v) is 3.81. The van der Waals surface area contributed by atoms with Gasteiger partial charge in [0.15, 0.2) is 0 Å². The largest absolute Gasteiger partial charge is 0.313 e. The van der Waals surface area contributed by atoms with Crippen molar-refractivity contribution in [3.63, 3.8) is 0 Å². The van der Waals surface area contributed by atoms with Crippen LogP contribution in [0.15, 0.2) is 22.7 Å². The highest BCUT2D eigenvalue weighted by atomic mass is 79.9. The third-order valence-electron chi connectivity index (χ3n) is 3.07. The maximum Gasteiger partial charge on any atom is 0.0323 e. The molecule has 0 fully saturated rings. The molecule has 0 aliphatic heterocycles. The summed E-state index contributed by atoms with van der Waals surface area (Å²) >= 11 is 3.64. The van der Waals surface area contributed by atoms with E-state index in [9.17, 15) is 0 Å². The molecule has 1 aliphatic rings. The number of halogens is 1. The first-order chi connectivity index (χ1) is 6.72. The van der Waals surface area contributed by atoms with Crippen molar-refractivity contribution in [2.24, 2.45) is 5.92 Å². The van der Waals surface area contributed by atoms with Crippen molar-refractivity contribution in [2.45, 2.75) is 25.8 Å². The molecule has 2 unspecified atom stereocenters. The van der Waals surface area contributed by atoms with Crippen molar-refractivity contribution < 1.29 is 0 Å². The van der Waals surface area contributed by atoms with Crippen LogP contribution in [0.1, 0.15) is 30.5 Å². The van der Waals surface area contributed by atoms with Gasteiger partial charge in [-0.25, -0.2) is 0 Å². The van der Waals surface area contributed by atoms with Gasteiger partial charge in [0.25, 0.3) is 0 Å². The Bertz CT molecular complexity index is 335. The van der Waals surface area contributed by atoms with E-state index >= 15 is 0 Å². The van der Waals surface area contributed by atoms with Crippen LogP contribution in [0.3, 0.4) is 0 Å². The Hall–Kier alpha value is -0.340. The summed E-state index contributed by atoms with van der Waals surface area (Å²) in [6.07, 6.45) is 2.45. The third kappa shape index (κ3) is 1.73. The van der Waals surface area contributed by atoms with Gasteiger partial charge in [-0.3, -0.25) is 0 Å². The van der Waals surface area contributed by atoms with E-state index in [0.717, 1.165) is 5.92 Å². The first-order valence-corrected chi connectivity index (χ1v) is 5.96. The SMILES string of the molecule is CNC1CC(C)Cc2c(Br)cccc21. The summed E-state index contributed by atoms with van der Waals surface area (Å²) in [7, 11) is 2.05. The fraction of sp³-hybridized carbons (Fsp3) is 0.500. The molecule has 1 aromatic carbocycles. The number of hydrogen-bond donors (Lipinski definition) is 1. The van der Waals surface area contributed by atoms with Crippen molar-refractivity contribution in [1.29, 1.82) is 0 Å². The van der Waals surface area contributed by atoms with Crippen molar-refractivity contribution in [2.75, 3.05) is 7.05 Å². The fourth-order valence-electron chi connectivity index (χ4n) is 2.35. The van der Waals surface area contributed by atoms with Gasteiger partial charge in [-0.2, -0.15) is 0 Å². The maximum absolute atomic E-state index is 3.64. The highest BCUT2D eigenvalue weighted by Crippen LogP contribution is 2.36. The van der Waals surface area contributed by atoms with Crippen LogP contribution >= 0.6 is 15.9 Å². The van der Waals surface area contributed by atoms with Gasteiger partial charge in [-0.15, -0.1) is 0 Å². The van der Waals surface area contributed by atoms with Gasteiger partial charge in [0.2, 0.25) is 0 Å². The first kappa shape index (κ1) is 10.2. The van der Waals surface area contributed by atoms with Crippen LogP contribution in [-0.4, -0.2) is 7.05 Å². The van der Waals surface area contributed by atoms with Crippen LogP contribution in [0.2, 0.25) is 0 Å². The van der Waals surface area contributed by atoms with E-state index in [2.05, 4.69) is 46.4 Å². The number of hydrogen-bond acceptors (Lipinski definition) is 1. The van der Waals surface area contributed by atoms with Gasteiger partial charge < -0.3 is 5.32 Å². The van der Waals surface area contributed by atoms with E-state index in [-0.39, 0.29) is 0 Å². The maximum atomic E-state index is 3.64. The Morgan fingerprint density at radius 2 is 2.21 bits per heavy atom. The number of nitrogens with one attached hydrogen (secondary N) is 1. The van der Waals surface area contributed by atoms with Crippen LogP contribution in [0, 0.1) is 5.92 Å². The predicted molar refractivity (Wildman–Crippen MR) is 63.4 cm³/mol. The minimum Gasteiger partial charge on any atom is -0.313 e. The molecule has 1 nitrogen and oxygen atoms in total. The summed E-state index contributed by atoms with van der Waals surface area (Å²) in [5.41, 5.74) is 2.96. The van der Waals surface area contributed by atoms with Gasteiger partial charge in [-0.05, 0) is 43.0 Å². The molecular weight excluding hydrogens is 238 g/mol. The Kier molecular flexibility index (Phi) is 2.93. The second-order valence-electron chi connectivity index (χ2n) is 4.19. The molecule has 0 bridgehead atoms. The Balaban J connectivity index is 2.45. The lowest BCUT2D eigenvalue weighted by atomic mass is 9.82. The molecule has 0 saturated carbocycles. The van der Waals surface area contributed by atoms with Gasteiger partial charge in [0.1, 0.15) is 0 Å². The molecule has 1 N–H and O–H groups in total. The summed E-state index contributed by atoms with van der Waals surface area (Å²) < 4.78 is 1.27. The number of rotatable bonds is 1. The van der Waals surface area contributed by atoms with E-state index < -0.39 is 0 Å². The lowest BCUT2D eigenvalue weighted by Crippen LogP contribution is -2.25. The summed E-state index contributed by atoms with van der Waals surface area (Å²) in [6.45, 7) is 2.33. The normalized spacial score (nSPS) is 25.9. The van der Waals surface area contributed by atoms with Gasteiger partial charge in [0.05, 0.1) is 0 Å². The summed E-state index contributed by atoms with van der Waals surface area (Å²) in [4.78, 5) is 0. The van der Waals surface area contributed by atoms with Crippen LogP contribution in [0.25, 0.3) is 0 Å². The van der Waals surface area contributed by atoms with E-state index in [1.54, 1.807) is 0 Å². The Labute approximate surface area is 94.0 Å². The molecule has 0 heterocycles. The van der Waals surface area contributed by atoms with Gasteiger partial charge >= 0.3 is 0 Å². The molecule has 0 amide bonds. The Morgan fingerprint density at radius 3 is 2.93 bits per heavy atom. The van der Waals surface area contributed by atoms with Crippen molar-refractivity contribution in [3.8, 4) is 0 Å². The number of benzene rings is 1. The lowest BCUT2D eigenvalue weighted by molar-refractivity contribution is 0.398. The van der Waals surface area contributed by atoms with Crippen LogP contribution in [0.4, 0.5) is 0 Å². The average molecular weight is 254 g/mol. The van der Waals surface area contributed by atoms with Crippen LogP contribution in [-0.2, 0) is 6.42 Å². The van der Waals surface area contributed by atoms with E-state index in [1.807, 2.05) is 7.05 Å². The second-order valence-corrected chi connectivity index (χ2v) is 5.05. The fourth-order valence-corrected chi connectivity index (χ4v) is 2.90. The molecule has 14 heavy (non-hydrogen) atoms. The molecular formula is C12H16BrN. The molecule has 1 aliphatic carbocycles. The monoisotopic (exact) mass is 253 g/mol. The zero-order valence-electron chi connectivity index (χ0n) is 8.68. The van der Waals surface area contributed by atoms with Gasteiger partial charge in [-0.1, -0.05) is 35.0 Å². The molecule has 0 saturated heterocycles. The molecule has 2 atom stereocenters. The molecule has 0 aromatic heterocycles. The molecule has 1 aromatic rings. The minimum atomic E-state index is 0.534. The highest BCUT2D eigenvalue weighted by Gasteiger charge is 2.24. The molecule has 2 rings (SSSR count). The number of fused-ring (bicyclic) bond motifs is 1. The summed E-state index contributed by atoms with van der Waals surface area (Å²) in [6, 6.07) is 7.05.